The Morgan fingerprint density at radius 2 is 1.95 bits per heavy atom. The molecule has 2 aromatic carbocycles. The number of Topliss-reactive ketones (excluding diaryl/α,β-unsaturated/α-hetero) is 1. The van der Waals surface area contributed by atoms with Gasteiger partial charge in [-0.15, -0.1) is 0 Å². The fourth-order valence-electron chi connectivity index (χ4n) is 1.77. The molecule has 0 saturated carbocycles. The van der Waals surface area contributed by atoms with Gasteiger partial charge in [0, 0.05) is 11.6 Å². The first-order valence-electron chi connectivity index (χ1n) is 6.01. The van der Waals surface area contributed by atoms with Crippen molar-refractivity contribution in [3.63, 3.8) is 0 Å². The topological polar surface area (TPSA) is 69.4 Å². The van der Waals surface area contributed by atoms with E-state index in [1.54, 1.807) is 18.2 Å². The fraction of sp³-hybridized carbons (Fsp3) is 0.133. The van der Waals surface area contributed by atoms with Crippen molar-refractivity contribution >= 4 is 11.5 Å². The van der Waals surface area contributed by atoms with Gasteiger partial charge in [-0.2, -0.15) is 0 Å². The quantitative estimate of drug-likeness (QED) is 0.480. The Labute approximate surface area is 116 Å². The number of nitro groups is 1. The predicted molar refractivity (Wildman–Crippen MR) is 74.4 cm³/mol. The Kier molecular flexibility index (Phi) is 3.79. The fourth-order valence-corrected chi connectivity index (χ4v) is 1.77. The number of nitro benzene ring substituents is 1. The molecule has 0 bridgehead atoms. The molecule has 102 valence electrons. The zero-order valence-corrected chi connectivity index (χ0v) is 11.1. The summed E-state index contributed by atoms with van der Waals surface area (Å²) in [4.78, 5) is 21.8. The summed E-state index contributed by atoms with van der Waals surface area (Å²) in [5, 5.41) is 11.1. The monoisotopic (exact) mass is 271 g/mol. The SMILES string of the molecule is CC(=O)c1ccc(Oc2cccc(C)c2)c([N+](=O)[O-])c1. The molecule has 0 spiro atoms. The highest BCUT2D eigenvalue weighted by atomic mass is 16.6. The Hall–Kier alpha value is -2.69. The number of ketones is 1. The van der Waals surface area contributed by atoms with Crippen LogP contribution in [0.2, 0.25) is 0 Å². The second-order valence-electron chi connectivity index (χ2n) is 4.41. The maximum Gasteiger partial charge on any atom is 0.312 e. The molecule has 0 aliphatic rings. The summed E-state index contributed by atoms with van der Waals surface area (Å²) < 4.78 is 5.53. The Bertz CT molecular complexity index is 679. The molecule has 0 amide bonds. The van der Waals surface area contributed by atoms with Gasteiger partial charge in [0.25, 0.3) is 0 Å². The molecule has 0 radical (unpaired) electrons. The van der Waals surface area contributed by atoms with Gasteiger partial charge in [-0.25, -0.2) is 0 Å². The lowest BCUT2D eigenvalue weighted by atomic mass is 10.1. The third-order valence-corrected chi connectivity index (χ3v) is 2.78. The smallest absolute Gasteiger partial charge is 0.312 e. The Balaban J connectivity index is 2.41. The number of rotatable bonds is 4. The van der Waals surface area contributed by atoms with Crippen LogP contribution < -0.4 is 4.74 Å². The number of ether oxygens (including phenoxy) is 1. The summed E-state index contributed by atoms with van der Waals surface area (Å²) in [5.74, 6) is 0.407. The van der Waals surface area contributed by atoms with Gasteiger partial charge >= 0.3 is 5.69 Å². The molecule has 5 nitrogen and oxygen atoms in total. The van der Waals surface area contributed by atoms with Gasteiger partial charge in [-0.3, -0.25) is 14.9 Å². The molecule has 0 fully saturated rings. The third-order valence-electron chi connectivity index (χ3n) is 2.78. The molecule has 0 saturated heterocycles. The van der Waals surface area contributed by atoms with Crippen LogP contribution in [-0.4, -0.2) is 10.7 Å². The zero-order valence-electron chi connectivity index (χ0n) is 11.1. The van der Waals surface area contributed by atoms with E-state index < -0.39 is 4.92 Å². The summed E-state index contributed by atoms with van der Waals surface area (Å²) in [6.45, 7) is 3.26. The van der Waals surface area contributed by atoms with Crippen LogP contribution in [0.15, 0.2) is 42.5 Å². The molecule has 0 atom stereocenters. The number of hydrogen-bond acceptors (Lipinski definition) is 4. The summed E-state index contributed by atoms with van der Waals surface area (Å²) in [6, 6.07) is 11.4. The molecule has 0 heterocycles. The van der Waals surface area contributed by atoms with Crippen LogP contribution in [-0.2, 0) is 0 Å². The summed E-state index contributed by atoms with van der Waals surface area (Å²) in [7, 11) is 0. The van der Waals surface area contributed by atoms with Crippen molar-refractivity contribution in [3.8, 4) is 11.5 Å². The van der Waals surface area contributed by atoms with Crippen LogP contribution >= 0.6 is 0 Å². The lowest BCUT2D eigenvalue weighted by Crippen LogP contribution is -1.98. The molecular weight excluding hydrogens is 258 g/mol. The van der Waals surface area contributed by atoms with E-state index in [0.717, 1.165) is 5.56 Å². The number of hydrogen-bond donors (Lipinski definition) is 0. The number of benzene rings is 2. The Morgan fingerprint density at radius 1 is 1.20 bits per heavy atom. The first-order valence-corrected chi connectivity index (χ1v) is 6.01. The van der Waals surface area contributed by atoms with Gasteiger partial charge in [0.15, 0.2) is 5.78 Å². The number of nitrogens with zero attached hydrogens (tertiary/aromatic N) is 1. The van der Waals surface area contributed by atoms with Crippen LogP contribution in [0.5, 0.6) is 11.5 Å². The van der Waals surface area contributed by atoms with Crippen LogP contribution in [0.3, 0.4) is 0 Å². The number of carbonyl (C=O) groups is 1. The molecule has 0 unspecified atom stereocenters. The summed E-state index contributed by atoms with van der Waals surface area (Å²) in [5.41, 5.74) is 1.05. The second-order valence-corrected chi connectivity index (χ2v) is 4.41. The number of aryl methyl sites for hydroxylation is 1. The van der Waals surface area contributed by atoms with E-state index in [1.807, 2.05) is 13.0 Å². The first-order chi connectivity index (χ1) is 9.47. The van der Waals surface area contributed by atoms with Gasteiger partial charge in [0.05, 0.1) is 4.92 Å². The molecule has 20 heavy (non-hydrogen) atoms. The van der Waals surface area contributed by atoms with Gasteiger partial charge < -0.3 is 4.74 Å². The summed E-state index contributed by atoms with van der Waals surface area (Å²) in [6.07, 6.45) is 0. The van der Waals surface area contributed by atoms with E-state index in [4.69, 9.17) is 4.74 Å². The van der Waals surface area contributed by atoms with Gasteiger partial charge in [-0.05, 0) is 43.7 Å². The molecule has 2 rings (SSSR count). The van der Waals surface area contributed by atoms with E-state index in [2.05, 4.69) is 0 Å². The molecule has 0 N–H and O–H groups in total. The van der Waals surface area contributed by atoms with Crippen LogP contribution in [0.25, 0.3) is 0 Å². The van der Waals surface area contributed by atoms with Crippen LogP contribution in [0.4, 0.5) is 5.69 Å². The predicted octanol–water partition coefficient (Wildman–Crippen LogP) is 3.90. The molecular formula is C15H13NO4. The van der Waals surface area contributed by atoms with E-state index in [1.165, 1.54) is 25.1 Å². The van der Waals surface area contributed by atoms with Crippen molar-refractivity contribution in [1.29, 1.82) is 0 Å². The third kappa shape index (κ3) is 3.00. The lowest BCUT2D eigenvalue weighted by Gasteiger charge is -2.07. The average molecular weight is 271 g/mol. The standard InChI is InChI=1S/C15H13NO4/c1-10-4-3-5-13(8-10)20-15-7-6-12(11(2)17)9-14(15)16(18)19/h3-9H,1-2H3. The molecule has 0 aliphatic heterocycles. The largest absolute Gasteiger partial charge is 0.450 e. The zero-order chi connectivity index (χ0) is 14.7. The maximum absolute atomic E-state index is 11.3. The number of carbonyl (C=O) groups excluding carboxylic acids is 1. The second kappa shape index (κ2) is 5.52. The minimum absolute atomic E-state index is 0.116. The van der Waals surface area contributed by atoms with Crippen molar-refractivity contribution in [2.75, 3.05) is 0 Å². The summed E-state index contributed by atoms with van der Waals surface area (Å²) >= 11 is 0. The van der Waals surface area contributed by atoms with Gasteiger partial charge in [0.1, 0.15) is 5.75 Å². The molecule has 2 aromatic rings. The lowest BCUT2D eigenvalue weighted by molar-refractivity contribution is -0.385. The van der Waals surface area contributed by atoms with Crippen molar-refractivity contribution in [3.05, 3.63) is 63.7 Å². The highest BCUT2D eigenvalue weighted by Gasteiger charge is 2.18. The average Bonchev–Trinajstić information content (AvgIpc) is 2.38. The minimum atomic E-state index is -0.558. The van der Waals surface area contributed by atoms with E-state index >= 15 is 0 Å². The van der Waals surface area contributed by atoms with Crippen molar-refractivity contribution in [1.82, 2.24) is 0 Å². The van der Waals surface area contributed by atoms with Crippen molar-refractivity contribution < 1.29 is 14.5 Å². The van der Waals surface area contributed by atoms with E-state index in [9.17, 15) is 14.9 Å². The van der Waals surface area contributed by atoms with Crippen molar-refractivity contribution in [2.45, 2.75) is 13.8 Å². The minimum Gasteiger partial charge on any atom is -0.450 e. The highest BCUT2D eigenvalue weighted by molar-refractivity contribution is 5.95. The van der Waals surface area contributed by atoms with Gasteiger partial charge in [-0.1, -0.05) is 12.1 Å². The van der Waals surface area contributed by atoms with E-state index in [0.29, 0.717) is 5.75 Å². The van der Waals surface area contributed by atoms with E-state index in [-0.39, 0.29) is 22.8 Å². The first kappa shape index (κ1) is 13.7. The normalized spacial score (nSPS) is 10.1. The van der Waals surface area contributed by atoms with Crippen LogP contribution in [0.1, 0.15) is 22.8 Å². The van der Waals surface area contributed by atoms with Crippen molar-refractivity contribution in [2.24, 2.45) is 0 Å². The maximum atomic E-state index is 11.3. The van der Waals surface area contributed by atoms with Crippen LogP contribution in [0, 0.1) is 17.0 Å². The van der Waals surface area contributed by atoms with Gasteiger partial charge in [0.2, 0.25) is 5.75 Å². The molecule has 0 aromatic heterocycles. The molecule has 0 aliphatic carbocycles. The highest BCUT2D eigenvalue weighted by Crippen LogP contribution is 2.32. The Morgan fingerprint density at radius 3 is 2.55 bits per heavy atom. The molecule has 5 heteroatoms.